The molecule has 0 saturated carbocycles. The number of carbonyl (C=O) groups is 2. The lowest BCUT2D eigenvalue weighted by Gasteiger charge is -2.18. The van der Waals surface area contributed by atoms with Gasteiger partial charge in [-0.15, -0.1) is 0 Å². The van der Waals surface area contributed by atoms with E-state index in [9.17, 15) is 14.7 Å². The van der Waals surface area contributed by atoms with Crippen LogP contribution >= 0.6 is 0 Å². The minimum atomic E-state index is -0.616. The fourth-order valence-electron chi connectivity index (χ4n) is 3.31. The van der Waals surface area contributed by atoms with Gasteiger partial charge in [-0.1, -0.05) is 29.4 Å². The molecule has 0 radical (unpaired) electrons. The van der Waals surface area contributed by atoms with Crippen LogP contribution in [0.15, 0.2) is 65.4 Å². The van der Waals surface area contributed by atoms with Gasteiger partial charge in [0.2, 0.25) is 5.91 Å². The van der Waals surface area contributed by atoms with Crippen LogP contribution in [0.5, 0.6) is 11.5 Å². The molecule has 2 heterocycles. The van der Waals surface area contributed by atoms with Crippen LogP contribution in [-0.2, 0) is 16.1 Å². The Bertz CT molecular complexity index is 1020. The average Bonchev–Trinajstić information content (AvgIpc) is 3.43. The Kier molecular flexibility index (Phi) is 5.65. The highest BCUT2D eigenvalue weighted by molar-refractivity contribution is 5.93. The zero-order valence-electron chi connectivity index (χ0n) is 16.1. The maximum Gasteiger partial charge on any atom is 0.416 e. The maximum atomic E-state index is 12.6. The molecule has 1 aromatic heterocycles. The van der Waals surface area contributed by atoms with E-state index in [4.69, 9.17) is 14.0 Å². The lowest BCUT2D eigenvalue weighted by Crippen LogP contribution is -2.32. The lowest BCUT2D eigenvalue weighted by atomic mass is 9.92. The monoisotopic (exact) mass is 408 g/mol. The van der Waals surface area contributed by atoms with Crippen molar-refractivity contribution in [3.63, 3.8) is 0 Å². The molecule has 154 valence electrons. The summed E-state index contributed by atoms with van der Waals surface area (Å²) in [5.41, 5.74) is 2.29. The lowest BCUT2D eigenvalue weighted by molar-refractivity contribution is -0.128. The van der Waals surface area contributed by atoms with E-state index in [0.717, 1.165) is 16.0 Å². The van der Waals surface area contributed by atoms with E-state index in [2.05, 4.69) is 5.16 Å². The standard InChI is InChI=1S/C22H20N2O6/c25-17-3-1-2-15(12-17)14-29-18-6-4-16(5-7-18)19(20-8-10-30-23-20)13-21(26)24-9-11-28-22(24)27/h1-8,10,12,19,25H,9,11,13-14H2. The first-order valence-electron chi connectivity index (χ1n) is 9.48. The van der Waals surface area contributed by atoms with E-state index < -0.39 is 6.09 Å². The summed E-state index contributed by atoms with van der Waals surface area (Å²) < 4.78 is 15.6. The second-order valence-electron chi connectivity index (χ2n) is 6.87. The van der Waals surface area contributed by atoms with Crippen molar-refractivity contribution in [3.05, 3.63) is 77.7 Å². The number of aromatic nitrogens is 1. The number of hydrogen-bond donors (Lipinski definition) is 1. The first kappa shape index (κ1) is 19.5. The van der Waals surface area contributed by atoms with Gasteiger partial charge in [0.1, 0.15) is 31.0 Å². The highest BCUT2D eigenvalue weighted by Gasteiger charge is 2.31. The topological polar surface area (TPSA) is 102 Å². The normalized spacial score (nSPS) is 14.4. The van der Waals surface area contributed by atoms with E-state index in [1.165, 1.54) is 6.26 Å². The number of ether oxygens (including phenoxy) is 2. The van der Waals surface area contributed by atoms with Crippen molar-refractivity contribution in [2.45, 2.75) is 18.9 Å². The van der Waals surface area contributed by atoms with Crippen molar-refractivity contribution in [1.29, 1.82) is 0 Å². The molecule has 1 N–H and O–H groups in total. The van der Waals surface area contributed by atoms with Crippen molar-refractivity contribution < 1.29 is 28.7 Å². The van der Waals surface area contributed by atoms with Gasteiger partial charge in [-0.3, -0.25) is 4.79 Å². The summed E-state index contributed by atoms with van der Waals surface area (Å²) in [4.78, 5) is 25.4. The van der Waals surface area contributed by atoms with Crippen molar-refractivity contribution in [1.82, 2.24) is 10.1 Å². The summed E-state index contributed by atoms with van der Waals surface area (Å²) in [5.74, 6) is 0.142. The van der Waals surface area contributed by atoms with Crippen LogP contribution in [0.3, 0.4) is 0 Å². The predicted octanol–water partition coefficient (Wildman–Crippen LogP) is 3.46. The molecule has 30 heavy (non-hydrogen) atoms. The van der Waals surface area contributed by atoms with E-state index >= 15 is 0 Å². The summed E-state index contributed by atoms with van der Waals surface area (Å²) in [6, 6.07) is 15.9. The molecule has 1 fully saturated rings. The summed E-state index contributed by atoms with van der Waals surface area (Å²) >= 11 is 0. The summed E-state index contributed by atoms with van der Waals surface area (Å²) in [6.07, 6.45) is 0.893. The Morgan fingerprint density at radius 2 is 2.03 bits per heavy atom. The Morgan fingerprint density at radius 3 is 2.70 bits per heavy atom. The van der Waals surface area contributed by atoms with Gasteiger partial charge in [0.05, 0.1) is 12.2 Å². The molecule has 1 saturated heterocycles. The van der Waals surface area contributed by atoms with Crippen LogP contribution in [0.25, 0.3) is 0 Å². The average molecular weight is 408 g/mol. The number of aromatic hydroxyl groups is 1. The van der Waals surface area contributed by atoms with Crippen molar-refractivity contribution in [3.8, 4) is 11.5 Å². The third-order valence-electron chi connectivity index (χ3n) is 4.85. The molecular formula is C22H20N2O6. The number of nitrogens with zero attached hydrogens (tertiary/aromatic N) is 2. The third kappa shape index (κ3) is 4.43. The van der Waals surface area contributed by atoms with Crippen molar-refractivity contribution >= 4 is 12.0 Å². The quantitative estimate of drug-likeness (QED) is 0.639. The molecule has 0 spiro atoms. The molecule has 0 aliphatic carbocycles. The third-order valence-corrected chi connectivity index (χ3v) is 4.85. The number of amides is 2. The Balaban J connectivity index is 1.47. The van der Waals surface area contributed by atoms with Gasteiger partial charge in [0.25, 0.3) is 0 Å². The number of phenols is 1. The van der Waals surface area contributed by atoms with Crippen LogP contribution in [0.4, 0.5) is 4.79 Å². The SMILES string of the molecule is O=C(CC(c1ccc(OCc2cccc(O)c2)cc1)c1ccon1)N1CCOC1=O. The Labute approximate surface area is 172 Å². The second kappa shape index (κ2) is 8.69. The predicted molar refractivity (Wildman–Crippen MR) is 105 cm³/mol. The highest BCUT2D eigenvalue weighted by atomic mass is 16.6. The van der Waals surface area contributed by atoms with Crippen LogP contribution in [0.2, 0.25) is 0 Å². The number of rotatable bonds is 7. The van der Waals surface area contributed by atoms with E-state index in [0.29, 0.717) is 18.1 Å². The minimum Gasteiger partial charge on any atom is -0.508 e. The largest absolute Gasteiger partial charge is 0.508 e. The molecule has 1 aliphatic rings. The van der Waals surface area contributed by atoms with Gasteiger partial charge in [-0.05, 0) is 35.4 Å². The molecule has 2 amide bonds. The van der Waals surface area contributed by atoms with E-state index in [-0.39, 0.29) is 37.1 Å². The first-order valence-corrected chi connectivity index (χ1v) is 9.48. The highest BCUT2D eigenvalue weighted by Crippen LogP contribution is 2.30. The molecule has 0 bridgehead atoms. The fourth-order valence-corrected chi connectivity index (χ4v) is 3.31. The molecule has 2 aromatic carbocycles. The van der Waals surface area contributed by atoms with Gasteiger partial charge in [-0.2, -0.15) is 0 Å². The van der Waals surface area contributed by atoms with Crippen LogP contribution < -0.4 is 4.74 Å². The Hall–Kier alpha value is -3.81. The maximum absolute atomic E-state index is 12.6. The minimum absolute atomic E-state index is 0.0606. The molecule has 8 nitrogen and oxygen atoms in total. The summed E-state index contributed by atoms with van der Waals surface area (Å²) in [5, 5.41) is 13.5. The number of phenolic OH excluding ortho intramolecular Hbond substituents is 1. The fraction of sp³-hybridized carbons (Fsp3) is 0.227. The number of hydrogen-bond acceptors (Lipinski definition) is 7. The van der Waals surface area contributed by atoms with Gasteiger partial charge in [0, 0.05) is 18.4 Å². The summed E-state index contributed by atoms with van der Waals surface area (Å²) in [6.45, 7) is 0.783. The molecular weight excluding hydrogens is 388 g/mol. The second-order valence-corrected chi connectivity index (χ2v) is 6.87. The molecule has 1 unspecified atom stereocenters. The Morgan fingerprint density at radius 1 is 1.20 bits per heavy atom. The first-order chi connectivity index (χ1) is 14.6. The van der Waals surface area contributed by atoms with Gasteiger partial charge >= 0.3 is 6.09 Å². The van der Waals surface area contributed by atoms with Crippen LogP contribution in [-0.4, -0.2) is 40.3 Å². The van der Waals surface area contributed by atoms with Gasteiger partial charge in [0.15, 0.2) is 0 Å². The smallest absolute Gasteiger partial charge is 0.416 e. The van der Waals surface area contributed by atoms with E-state index in [1.54, 1.807) is 36.4 Å². The molecule has 1 aliphatic heterocycles. The number of cyclic esters (lactones) is 1. The van der Waals surface area contributed by atoms with Crippen molar-refractivity contribution in [2.75, 3.05) is 13.2 Å². The van der Waals surface area contributed by atoms with Gasteiger partial charge in [-0.25, -0.2) is 9.69 Å². The number of benzene rings is 2. The number of imide groups is 1. The van der Waals surface area contributed by atoms with Crippen molar-refractivity contribution in [2.24, 2.45) is 0 Å². The molecule has 8 heteroatoms. The molecule has 1 atom stereocenters. The summed E-state index contributed by atoms with van der Waals surface area (Å²) in [7, 11) is 0. The zero-order valence-corrected chi connectivity index (χ0v) is 16.1. The van der Waals surface area contributed by atoms with E-state index in [1.807, 2.05) is 18.2 Å². The molecule has 3 aromatic rings. The van der Waals surface area contributed by atoms with Crippen LogP contribution in [0, 0.1) is 0 Å². The molecule has 4 rings (SSSR count). The zero-order chi connectivity index (χ0) is 20.9. The number of carbonyl (C=O) groups excluding carboxylic acids is 2. The van der Waals surface area contributed by atoms with Gasteiger partial charge < -0.3 is 19.1 Å². The van der Waals surface area contributed by atoms with Crippen LogP contribution in [0.1, 0.15) is 29.2 Å².